The van der Waals surface area contributed by atoms with Gasteiger partial charge in [0.25, 0.3) is 5.91 Å². The number of benzene rings is 2. The Kier molecular flexibility index (Phi) is 6.08. The number of carbonyl (C=O) groups excluding carboxylic acids is 1. The zero-order valence-corrected chi connectivity index (χ0v) is 18.5. The molecule has 1 amide bonds. The van der Waals surface area contributed by atoms with Crippen LogP contribution in [0.1, 0.15) is 15.4 Å². The molecular weight excluding hydrogens is 417 g/mol. The molecule has 162 valence electrons. The zero-order valence-electron chi connectivity index (χ0n) is 17.7. The predicted octanol–water partition coefficient (Wildman–Crippen LogP) is 4.24. The lowest BCUT2D eigenvalue weighted by Gasteiger charge is -2.36. The molecule has 1 fully saturated rings. The van der Waals surface area contributed by atoms with Crippen LogP contribution in [0.2, 0.25) is 0 Å². The Bertz CT molecular complexity index is 1090. The fraction of sp³-hybridized carbons (Fsp3) is 0.304. The van der Waals surface area contributed by atoms with Crippen LogP contribution in [0, 0.1) is 12.7 Å². The van der Waals surface area contributed by atoms with Crippen molar-refractivity contribution in [2.75, 3.05) is 45.3 Å². The second-order valence-electron chi connectivity index (χ2n) is 7.23. The molecule has 1 aliphatic heterocycles. The minimum absolute atomic E-state index is 0.0677. The number of anilines is 1. The van der Waals surface area contributed by atoms with Gasteiger partial charge in [0.05, 0.1) is 25.5 Å². The van der Waals surface area contributed by atoms with E-state index in [4.69, 9.17) is 9.47 Å². The summed E-state index contributed by atoms with van der Waals surface area (Å²) >= 11 is 1.21. The first-order chi connectivity index (χ1) is 15.0. The smallest absolute Gasteiger partial charge is 0.265 e. The largest absolute Gasteiger partial charge is 0.497 e. The lowest BCUT2D eigenvalue weighted by atomic mass is 10.2. The number of ether oxygens (including phenoxy) is 2. The van der Waals surface area contributed by atoms with Gasteiger partial charge in [-0.05, 0) is 31.2 Å². The summed E-state index contributed by atoms with van der Waals surface area (Å²) in [4.78, 5) is 22.3. The third kappa shape index (κ3) is 4.20. The van der Waals surface area contributed by atoms with Crippen LogP contribution < -0.4 is 14.4 Å². The fourth-order valence-corrected chi connectivity index (χ4v) is 4.79. The van der Waals surface area contributed by atoms with Crippen molar-refractivity contribution in [3.8, 4) is 22.1 Å². The van der Waals surface area contributed by atoms with E-state index in [0.717, 1.165) is 24.5 Å². The predicted molar refractivity (Wildman–Crippen MR) is 120 cm³/mol. The van der Waals surface area contributed by atoms with Crippen LogP contribution in [0.5, 0.6) is 11.5 Å². The molecule has 2 heterocycles. The maximum atomic E-state index is 14.5. The minimum atomic E-state index is -0.418. The van der Waals surface area contributed by atoms with Gasteiger partial charge in [0, 0.05) is 37.9 Å². The Morgan fingerprint density at radius 3 is 2.52 bits per heavy atom. The number of piperazine rings is 1. The van der Waals surface area contributed by atoms with E-state index in [1.807, 2.05) is 29.2 Å². The molecular formula is C23H24FN3O3S. The van der Waals surface area contributed by atoms with Gasteiger partial charge in [-0.1, -0.05) is 12.1 Å². The molecule has 0 atom stereocenters. The van der Waals surface area contributed by atoms with E-state index in [9.17, 15) is 9.18 Å². The maximum absolute atomic E-state index is 14.5. The first kappa shape index (κ1) is 21.1. The number of methoxy groups -OCH3 is 2. The molecule has 2 aromatic carbocycles. The van der Waals surface area contributed by atoms with E-state index in [1.165, 1.54) is 24.5 Å². The highest BCUT2D eigenvalue weighted by Gasteiger charge is 2.27. The summed E-state index contributed by atoms with van der Waals surface area (Å²) in [7, 11) is 3.14. The van der Waals surface area contributed by atoms with E-state index in [0.29, 0.717) is 40.0 Å². The Hall–Kier alpha value is -3.13. The van der Waals surface area contributed by atoms with Gasteiger partial charge >= 0.3 is 0 Å². The molecule has 31 heavy (non-hydrogen) atoms. The summed E-state index contributed by atoms with van der Waals surface area (Å²) in [6.45, 7) is 4.44. The van der Waals surface area contributed by atoms with Crippen molar-refractivity contribution < 1.29 is 18.7 Å². The molecule has 0 saturated carbocycles. The molecule has 0 bridgehead atoms. The van der Waals surface area contributed by atoms with E-state index >= 15 is 0 Å². The van der Waals surface area contributed by atoms with Crippen LogP contribution in [0.3, 0.4) is 0 Å². The van der Waals surface area contributed by atoms with E-state index < -0.39 is 5.82 Å². The molecule has 0 unspecified atom stereocenters. The van der Waals surface area contributed by atoms with E-state index in [1.54, 1.807) is 26.2 Å². The third-order valence-corrected chi connectivity index (χ3v) is 6.55. The zero-order chi connectivity index (χ0) is 22.0. The highest BCUT2D eigenvalue weighted by Crippen LogP contribution is 2.37. The third-order valence-electron chi connectivity index (χ3n) is 5.39. The van der Waals surface area contributed by atoms with Gasteiger partial charge in [-0.3, -0.25) is 4.79 Å². The minimum Gasteiger partial charge on any atom is -0.497 e. The van der Waals surface area contributed by atoms with Crippen LogP contribution >= 0.6 is 11.3 Å². The van der Waals surface area contributed by atoms with Gasteiger partial charge in [-0.2, -0.15) is 0 Å². The normalized spacial score (nSPS) is 13.9. The van der Waals surface area contributed by atoms with Gasteiger partial charge in [-0.15, -0.1) is 11.3 Å². The number of aryl methyl sites for hydroxylation is 1. The Balaban J connectivity index is 1.50. The van der Waals surface area contributed by atoms with Gasteiger partial charge < -0.3 is 19.3 Å². The number of rotatable bonds is 5. The van der Waals surface area contributed by atoms with E-state index in [2.05, 4.69) is 9.88 Å². The molecule has 0 N–H and O–H groups in total. The van der Waals surface area contributed by atoms with Crippen LogP contribution in [0.4, 0.5) is 10.1 Å². The average Bonchev–Trinajstić information content (AvgIpc) is 3.19. The molecule has 0 radical (unpaired) electrons. The van der Waals surface area contributed by atoms with Gasteiger partial charge in [0.1, 0.15) is 27.2 Å². The molecule has 1 aromatic heterocycles. The lowest BCUT2D eigenvalue weighted by Crippen LogP contribution is -2.48. The van der Waals surface area contributed by atoms with Crippen LogP contribution in [0.25, 0.3) is 10.6 Å². The lowest BCUT2D eigenvalue weighted by molar-refractivity contribution is 0.0750. The molecule has 0 aliphatic carbocycles. The number of hydrogen-bond donors (Lipinski definition) is 0. The van der Waals surface area contributed by atoms with Crippen molar-refractivity contribution in [3.05, 3.63) is 58.9 Å². The monoisotopic (exact) mass is 441 g/mol. The molecule has 6 nitrogen and oxygen atoms in total. The van der Waals surface area contributed by atoms with Gasteiger partial charge in [-0.25, -0.2) is 9.37 Å². The number of aromatic nitrogens is 1. The van der Waals surface area contributed by atoms with Crippen molar-refractivity contribution in [3.63, 3.8) is 0 Å². The van der Waals surface area contributed by atoms with Gasteiger partial charge in [0.15, 0.2) is 0 Å². The van der Waals surface area contributed by atoms with Crippen molar-refractivity contribution in [1.29, 1.82) is 0 Å². The van der Waals surface area contributed by atoms with Crippen LogP contribution in [-0.2, 0) is 0 Å². The molecule has 8 heteroatoms. The molecule has 3 aromatic rings. The van der Waals surface area contributed by atoms with Crippen LogP contribution in [-0.4, -0.2) is 56.2 Å². The summed E-state index contributed by atoms with van der Waals surface area (Å²) in [6.07, 6.45) is 0. The first-order valence-electron chi connectivity index (χ1n) is 10.0. The summed E-state index contributed by atoms with van der Waals surface area (Å²) in [5.41, 5.74) is 1.97. The first-order valence-corrected chi connectivity index (χ1v) is 10.8. The SMILES string of the molecule is COc1cccc(N2CCN(C(=O)c3sc(-c4c(F)cccc4OC)nc3C)CC2)c1. The summed E-state index contributed by atoms with van der Waals surface area (Å²) in [6, 6.07) is 12.6. The Morgan fingerprint density at radius 1 is 1.06 bits per heavy atom. The highest BCUT2D eigenvalue weighted by atomic mass is 32.1. The molecule has 4 rings (SSSR count). The number of hydrogen-bond acceptors (Lipinski definition) is 6. The van der Waals surface area contributed by atoms with Crippen molar-refractivity contribution in [1.82, 2.24) is 9.88 Å². The number of thiazole rings is 1. The topological polar surface area (TPSA) is 54.9 Å². The number of amides is 1. The van der Waals surface area contributed by atoms with Crippen molar-refractivity contribution in [2.24, 2.45) is 0 Å². The van der Waals surface area contributed by atoms with Crippen molar-refractivity contribution >= 4 is 22.9 Å². The standard InChI is InChI=1S/C23H24FN3O3S/c1-15-21(31-22(25-15)20-18(24)8-5-9-19(20)30-3)23(28)27-12-10-26(11-13-27)16-6-4-7-17(14-16)29-2/h4-9,14H,10-13H2,1-3H3. The summed E-state index contributed by atoms with van der Waals surface area (Å²) < 4.78 is 25.1. The number of nitrogens with zero attached hydrogens (tertiary/aromatic N) is 3. The Labute approximate surface area is 184 Å². The second-order valence-corrected chi connectivity index (χ2v) is 8.23. The second kappa shape index (κ2) is 8.93. The molecule has 0 spiro atoms. The van der Waals surface area contributed by atoms with Gasteiger partial charge in [0.2, 0.25) is 0 Å². The molecule has 1 saturated heterocycles. The number of carbonyl (C=O) groups is 1. The van der Waals surface area contributed by atoms with Crippen LogP contribution in [0.15, 0.2) is 42.5 Å². The fourth-order valence-electron chi connectivity index (χ4n) is 3.70. The quantitative estimate of drug-likeness (QED) is 0.593. The molecule has 1 aliphatic rings. The highest BCUT2D eigenvalue weighted by molar-refractivity contribution is 7.17. The maximum Gasteiger partial charge on any atom is 0.265 e. The Morgan fingerprint density at radius 2 is 1.81 bits per heavy atom. The average molecular weight is 442 g/mol. The van der Waals surface area contributed by atoms with E-state index in [-0.39, 0.29) is 5.91 Å². The van der Waals surface area contributed by atoms with Crippen molar-refractivity contribution in [2.45, 2.75) is 6.92 Å². The number of halogens is 1. The summed E-state index contributed by atoms with van der Waals surface area (Å²) in [5.74, 6) is 0.730. The summed E-state index contributed by atoms with van der Waals surface area (Å²) in [5, 5.41) is 0.450.